The van der Waals surface area contributed by atoms with Gasteiger partial charge in [0.15, 0.2) is 5.65 Å². The monoisotopic (exact) mass is 339 g/mol. The number of carbonyl (C=O) groups is 1. The molecule has 3 aromatic rings. The van der Waals surface area contributed by atoms with Crippen molar-refractivity contribution >= 4 is 40.0 Å². The summed E-state index contributed by atoms with van der Waals surface area (Å²) in [7, 11) is 0. The van der Waals surface area contributed by atoms with Crippen LogP contribution in [-0.2, 0) is 6.42 Å². The van der Waals surface area contributed by atoms with E-state index in [0.29, 0.717) is 23.0 Å². The van der Waals surface area contributed by atoms with Gasteiger partial charge in [-0.15, -0.1) is 11.3 Å². The van der Waals surface area contributed by atoms with E-state index in [0.717, 1.165) is 28.1 Å². The SMILES string of the molecule is CC(C)n1ncc2c(C(=O)O)c3c(nc21)/C(=C/c1cccs1)CC3. The number of carboxylic acid groups (broad SMARTS) is 1. The van der Waals surface area contributed by atoms with E-state index >= 15 is 0 Å². The van der Waals surface area contributed by atoms with Crippen molar-refractivity contribution in [3.05, 3.63) is 45.4 Å². The Balaban J connectivity index is 1.99. The number of allylic oxidation sites excluding steroid dienone is 1. The largest absolute Gasteiger partial charge is 0.478 e. The predicted molar refractivity (Wildman–Crippen MR) is 95.4 cm³/mol. The highest BCUT2D eigenvalue weighted by Gasteiger charge is 2.28. The van der Waals surface area contributed by atoms with Crippen molar-refractivity contribution in [1.29, 1.82) is 0 Å². The molecule has 0 radical (unpaired) electrons. The lowest BCUT2D eigenvalue weighted by atomic mass is 10.0. The number of carboxylic acids is 1. The van der Waals surface area contributed by atoms with Crippen LogP contribution in [0.3, 0.4) is 0 Å². The topological polar surface area (TPSA) is 68.0 Å². The second-order valence-electron chi connectivity index (χ2n) is 6.22. The van der Waals surface area contributed by atoms with E-state index in [1.54, 1.807) is 22.2 Å². The molecule has 0 aromatic carbocycles. The Morgan fingerprint density at radius 3 is 2.92 bits per heavy atom. The molecule has 24 heavy (non-hydrogen) atoms. The Morgan fingerprint density at radius 1 is 1.42 bits per heavy atom. The summed E-state index contributed by atoms with van der Waals surface area (Å²) in [6.07, 6.45) is 5.29. The van der Waals surface area contributed by atoms with Crippen LogP contribution >= 0.6 is 11.3 Å². The summed E-state index contributed by atoms with van der Waals surface area (Å²) < 4.78 is 1.79. The Labute approximate surface area is 143 Å². The fraction of sp³-hybridized carbons (Fsp3) is 0.278. The summed E-state index contributed by atoms with van der Waals surface area (Å²) >= 11 is 1.67. The Bertz CT molecular complexity index is 968. The van der Waals surface area contributed by atoms with E-state index in [2.05, 4.69) is 17.2 Å². The number of pyridine rings is 1. The molecule has 1 aliphatic carbocycles. The molecule has 0 saturated heterocycles. The van der Waals surface area contributed by atoms with Crippen molar-refractivity contribution in [2.45, 2.75) is 32.7 Å². The van der Waals surface area contributed by atoms with Gasteiger partial charge in [0.05, 0.1) is 22.8 Å². The van der Waals surface area contributed by atoms with Crippen LogP contribution in [0.15, 0.2) is 23.7 Å². The van der Waals surface area contributed by atoms with Gasteiger partial charge in [-0.25, -0.2) is 14.5 Å². The van der Waals surface area contributed by atoms with Gasteiger partial charge in [-0.2, -0.15) is 5.10 Å². The molecule has 122 valence electrons. The molecule has 1 aliphatic rings. The van der Waals surface area contributed by atoms with Crippen LogP contribution in [0.1, 0.15) is 52.8 Å². The second-order valence-corrected chi connectivity index (χ2v) is 7.20. The molecule has 0 unspecified atom stereocenters. The lowest BCUT2D eigenvalue weighted by Gasteiger charge is -2.10. The first-order valence-electron chi connectivity index (χ1n) is 7.94. The molecule has 5 nitrogen and oxygen atoms in total. The summed E-state index contributed by atoms with van der Waals surface area (Å²) in [6, 6.07) is 4.20. The van der Waals surface area contributed by atoms with E-state index in [1.807, 2.05) is 25.3 Å². The summed E-state index contributed by atoms with van der Waals surface area (Å²) in [5, 5.41) is 16.8. The molecule has 3 heterocycles. The van der Waals surface area contributed by atoms with Gasteiger partial charge in [0.25, 0.3) is 0 Å². The first-order valence-corrected chi connectivity index (χ1v) is 8.82. The molecule has 4 rings (SSSR count). The normalized spacial score (nSPS) is 15.5. The zero-order valence-corrected chi connectivity index (χ0v) is 14.3. The number of aromatic nitrogens is 3. The molecule has 6 heteroatoms. The summed E-state index contributed by atoms with van der Waals surface area (Å²) in [5.74, 6) is -0.903. The fourth-order valence-electron chi connectivity index (χ4n) is 3.29. The van der Waals surface area contributed by atoms with E-state index in [1.165, 1.54) is 0 Å². The van der Waals surface area contributed by atoms with Gasteiger partial charge in [-0.1, -0.05) is 6.07 Å². The molecular weight excluding hydrogens is 322 g/mol. The average molecular weight is 339 g/mol. The third kappa shape index (κ3) is 2.26. The maximum Gasteiger partial charge on any atom is 0.336 e. The van der Waals surface area contributed by atoms with Gasteiger partial charge in [0, 0.05) is 10.9 Å². The first kappa shape index (κ1) is 15.1. The Hall–Kier alpha value is -2.47. The lowest BCUT2D eigenvalue weighted by molar-refractivity contribution is 0.0698. The quantitative estimate of drug-likeness (QED) is 0.774. The molecule has 0 spiro atoms. The third-order valence-electron chi connectivity index (χ3n) is 4.35. The Morgan fingerprint density at radius 2 is 2.25 bits per heavy atom. The molecule has 3 aromatic heterocycles. The van der Waals surface area contributed by atoms with Crippen molar-refractivity contribution in [3.63, 3.8) is 0 Å². The number of thiophene rings is 1. The van der Waals surface area contributed by atoms with Gasteiger partial charge in [0.2, 0.25) is 0 Å². The summed E-state index contributed by atoms with van der Waals surface area (Å²) in [5.41, 5.74) is 3.77. The lowest BCUT2D eigenvalue weighted by Crippen LogP contribution is -2.08. The third-order valence-corrected chi connectivity index (χ3v) is 5.17. The van der Waals surface area contributed by atoms with Crippen LogP contribution in [0.2, 0.25) is 0 Å². The number of hydrogen-bond acceptors (Lipinski definition) is 4. The highest BCUT2D eigenvalue weighted by atomic mass is 32.1. The number of hydrogen-bond donors (Lipinski definition) is 1. The standard InChI is InChI=1S/C18H17N3O2S/c1-10(2)21-17-14(9-19-21)15(18(22)23)13-6-5-11(16(13)20-17)8-12-4-3-7-24-12/h3-4,7-10H,5-6H2,1-2H3,(H,22,23)/b11-8+. The second kappa shape index (κ2) is 5.56. The Kier molecular flexibility index (Phi) is 3.49. The fourth-order valence-corrected chi connectivity index (χ4v) is 3.97. The minimum Gasteiger partial charge on any atom is -0.478 e. The van der Waals surface area contributed by atoms with Crippen LogP contribution < -0.4 is 0 Å². The minimum absolute atomic E-state index is 0.126. The zero-order chi connectivity index (χ0) is 16.8. The van der Waals surface area contributed by atoms with E-state index in [4.69, 9.17) is 4.98 Å². The maximum atomic E-state index is 11.9. The maximum absolute atomic E-state index is 11.9. The van der Waals surface area contributed by atoms with E-state index in [9.17, 15) is 9.90 Å². The smallest absolute Gasteiger partial charge is 0.336 e. The number of aromatic carboxylic acids is 1. The highest BCUT2D eigenvalue weighted by molar-refractivity contribution is 7.10. The molecule has 0 atom stereocenters. The first-order chi connectivity index (χ1) is 11.6. The predicted octanol–water partition coefficient (Wildman–Crippen LogP) is 4.26. The number of rotatable bonds is 3. The van der Waals surface area contributed by atoms with Gasteiger partial charge < -0.3 is 5.11 Å². The van der Waals surface area contributed by atoms with Crippen molar-refractivity contribution in [2.24, 2.45) is 0 Å². The highest BCUT2D eigenvalue weighted by Crippen LogP contribution is 2.38. The van der Waals surface area contributed by atoms with Crippen LogP contribution in [0.25, 0.3) is 22.7 Å². The van der Waals surface area contributed by atoms with Gasteiger partial charge in [0.1, 0.15) is 0 Å². The van der Waals surface area contributed by atoms with Gasteiger partial charge in [-0.3, -0.25) is 0 Å². The van der Waals surface area contributed by atoms with Gasteiger partial charge in [-0.05, 0) is 55.3 Å². The molecular formula is C18H17N3O2S. The number of fused-ring (bicyclic) bond motifs is 2. The van der Waals surface area contributed by atoms with Crippen molar-refractivity contribution in [3.8, 4) is 0 Å². The van der Waals surface area contributed by atoms with E-state index in [-0.39, 0.29) is 6.04 Å². The van der Waals surface area contributed by atoms with E-state index < -0.39 is 5.97 Å². The molecule has 0 saturated carbocycles. The molecule has 0 bridgehead atoms. The summed E-state index contributed by atoms with van der Waals surface area (Å²) in [6.45, 7) is 4.04. The molecule has 0 fully saturated rings. The average Bonchev–Trinajstić information content (AvgIpc) is 3.25. The van der Waals surface area contributed by atoms with Crippen molar-refractivity contribution in [1.82, 2.24) is 14.8 Å². The molecule has 0 aliphatic heterocycles. The van der Waals surface area contributed by atoms with Crippen LogP contribution in [-0.4, -0.2) is 25.8 Å². The van der Waals surface area contributed by atoms with Crippen molar-refractivity contribution in [2.75, 3.05) is 0 Å². The zero-order valence-electron chi connectivity index (χ0n) is 13.5. The van der Waals surface area contributed by atoms with Crippen molar-refractivity contribution < 1.29 is 9.90 Å². The van der Waals surface area contributed by atoms with Crippen LogP contribution in [0, 0.1) is 0 Å². The minimum atomic E-state index is -0.903. The molecule has 0 amide bonds. The van der Waals surface area contributed by atoms with Crippen LogP contribution in [0.4, 0.5) is 0 Å². The number of nitrogens with zero attached hydrogens (tertiary/aromatic N) is 3. The van der Waals surface area contributed by atoms with Gasteiger partial charge >= 0.3 is 5.97 Å². The van der Waals surface area contributed by atoms with Crippen LogP contribution in [0.5, 0.6) is 0 Å². The summed E-state index contributed by atoms with van der Waals surface area (Å²) in [4.78, 5) is 17.9. The molecule has 1 N–H and O–H groups in total.